The van der Waals surface area contributed by atoms with Gasteiger partial charge in [0.2, 0.25) is 0 Å². The van der Waals surface area contributed by atoms with E-state index in [2.05, 4.69) is 17.3 Å². The van der Waals surface area contributed by atoms with Gasteiger partial charge < -0.3 is 10.2 Å². The largest absolute Gasteiger partial charge is 0.308 e. The number of nitrogens with zero attached hydrogens (tertiary/aromatic N) is 1. The second-order valence-corrected chi connectivity index (χ2v) is 5.79. The second kappa shape index (κ2) is 4.84. The van der Waals surface area contributed by atoms with Gasteiger partial charge in [-0.25, -0.2) is 8.78 Å². The molecule has 104 valence electrons. The number of hydrogen-bond acceptors (Lipinski definition) is 2. The summed E-state index contributed by atoms with van der Waals surface area (Å²) in [5.74, 6) is -3.08. The fourth-order valence-electron chi connectivity index (χ4n) is 2.74. The summed E-state index contributed by atoms with van der Waals surface area (Å²) in [6.07, 6.45) is 1.31. The standard InChI is InChI=1S/C15H20F2N2/c1-19-9-8-18-14(10-19)11-2-4-12(5-3-11)15(16,17)13-6-7-13/h2-5,13-14,18H,6-10H2,1H3. The molecule has 1 N–H and O–H groups in total. The van der Waals surface area contributed by atoms with Gasteiger partial charge in [0.15, 0.2) is 0 Å². The van der Waals surface area contributed by atoms with E-state index in [0.717, 1.165) is 25.2 Å². The molecule has 0 bridgehead atoms. The number of hydrogen-bond donors (Lipinski definition) is 1. The van der Waals surface area contributed by atoms with Crippen molar-refractivity contribution in [1.82, 2.24) is 10.2 Å². The van der Waals surface area contributed by atoms with Crippen LogP contribution in [0.2, 0.25) is 0 Å². The van der Waals surface area contributed by atoms with Crippen LogP contribution in [0.1, 0.15) is 30.0 Å². The Morgan fingerprint density at radius 1 is 1.21 bits per heavy atom. The topological polar surface area (TPSA) is 15.3 Å². The van der Waals surface area contributed by atoms with Gasteiger partial charge in [-0.3, -0.25) is 0 Å². The monoisotopic (exact) mass is 266 g/mol. The number of piperazine rings is 1. The van der Waals surface area contributed by atoms with Crippen LogP contribution in [0.5, 0.6) is 0 Å². The highest BCUT2D eigenvalue weighted by molar-refractivity contribution is 5.29. The van der Waals surface area contributed by atoms with E-state index in [4.69, 9.17) is 0 Å². The van der Waals surface area contributed by atoms with E-state index >= 15 is 0 Å². The second-order valence-electron chi connectivity index (χ2n) is 5.79. The summed E-state index contributed by atoms with van der Waals surface area (Å²) < 4.78 is 27.9. The summed E-state index contributed by atoms with van der Waals surface area (Å²) >= 11 is 0. The highest BCUT2D eigenvalue weighted by atomic mass is 19.3. The van der Waals surface area contributed by atoms with E-state index in [1.807, 2.05) is 12.1 Å². The summed E-state index contributed by atoms with van der Waals surface area (Å²) in [6.45, 7) is 2.91. The molecule has 1 aliphatic carbocycles. The molecule has 2 nitrogen and oxygen atoms in total. The Morgan fingerprint density at radius 3 is 2.47 bits per heavy atom. The van der Waals surface area contributed by atoms with Gasteiger partial charge in [0.1, 0.15) is 0 Å². The van der Waals surface area contributed by atoms with Crippen molar-refractivity contribution in [2.75, 3.05) is 26.7 Å². The Labute approximate surface area is 112 Å². The molecule has 1 aromatic carbocycles. The van der Waals surface area contributed by atoms with Crippen LogP contribution >= 0.6 is 0 Å². The van der Waals surface area contributed by atoms with Crippen LogP contribution in [-0.4, -0.2) is 31.6 Å². The van der Waals surface area contributed by atoms with Gasteiger partial charge in [-0.1, -0.05) is 24.3 Å². The lowest BCUT2D eigenvalue weighted by Gasteiger charge is -2.31. The molecule has 0 radical (unpaired) electrons. The number of rotatable bonds is 3. The molecule has 19 heavy (non-hydrogen) atoms. The third-order valence-corrected chi connectivity index (χ3v) is 4.17. The molecule has 0 aromatic heterocycles. The van der Waals surface area contributed by atoms with Gasteiger partial charge in [-0.2, -0.15) is 0 Å². The average molecular weight is 266 g/mol. The quantitative estimate of drug-likeness (QED) is 0.905. The Kier molecular flexibility index (Phi) is 3.31. The number of likely N-dealkylation sites (N-methyl/N-ethyl adjacent to an activating group) is 1. The van der Waals surface area contributed by atoms with Crippen LogP contribution in [0.15, 0.2) is 24.3 Å². The van der Waals surface area contributed by atoms with Gasteiger partial charge in [-0.05, 0) is 25.5 Å². The van der Waals surface area contributed by atoms with E-state index < -0.39 is 11.8 Å². The van der Waals surface area contributed by atoms with Crippen LogP contribution in [-0.2, 0) is 5.92 Å². The van der Waals surface area contributed by atoms with Crippen molar-refractivity contribution in [3.63, 3.8) is 0 Å². The minimum Gasteiger partial charge on any atom is -0.308 e. The lowest BCUT2D eigenvalue weighted by molar-refractivity contribution is -0.0285. The zero-order valence-corrected chi connectivity index (χ0v) is 11.2. The predicted octanol–water partition coefficient (Wildman–Crippen LogP) is 2.76. The zero-order valence-electron chi connectivity index (χ0n) is 11.2. The molecule has 0 spiro atoms. The lowest BCUT2D eigenvalue weighted by Crippen LogP contribution is -2.43. The van der Waals surface area contributed by atoms with Crippen molar-refractivity contribution in [1.29, 1.82) is 0 Å². The Bertz CT molecular complexity index is 440. The molecule has 4 heteroatoms. The summed E-state index contributed by atoms with van der Waals surface area (Å²) in [5, 5.41) is 3.43. The molecule has 0 amide bonds. The normalized spacial score (nSPS) is 25.5. The van der Waals surface area contributed by atoms with E-state index in [1.54, 1.807) is 12.1 Å². The molecule has 2 fully saturated rings. The van der Waals surface area contributed by atoms with Crippen LogP contribution < -0.4 is 5.32 Å². The zero-order chi connectivity index (χ0) is 13.5. The van der Waals surface area contributed by atoms with Gasteiger partial charge in [0, 0.05) is 37.2 Å². The Hall–Kier alpha value is -1.00. The minimum atomic E-state index is -2.64. The molecule has 1 heterocycles. The number of nitrogens with one attached hydrogen (secondary N) is 1. The molecular formula is C15H20F2N2. The number of benzene rings is 1. The van der Waals surface area contributed by atoms with Crippen molar-refractivity contribution < 1.29 is 8.78 Å². The number of halogens is 2. The van der Waals surface area contributed by atoms with Crippen LogP contribution in [0.25, 0.3) is 0 Å². The molecule has 1 aromatic rings. The van der Waals surface area contributed by atoms with Crippen LogP contribution in [0.3, 0.4) is 0 Å². The van der Waals surface area contributed by atoms with Gasteiger partial charge in [0.05, 0.1) is 0 Å². The smallest absolute Gasteiger partial charge is 0.276 e. The summed E-state index contributed by atoms with van der Waals surface area (Å²) in [7, 11) is 2.09. The summed E-state index contributed by atoms with van der Waals surface area (Å²) in [4.78, 5) is 2.26. The molecule has 1 saturated carbocycles. The molecule has 1 saturated heterocycles. The highest BCUT2D eigenvalue weighted by Gasteiger charge is 2.47. The summed E-state index contributed by atoms with van der Waals surface area (Å²) in [6, 6.07) is 7.15. The first-order valence-corrected chi connectivity index (χ1v) is 6.97. The first kappa shape index (κ1) is 13.0. The molecule has 2 aliphatic rings. The Balaban J connectivity index is 1.75. The van der Waals surface area contributed by atoms with Gasteiger partial charge in [0.25, 0.3) is 5.92 Å². The highest BCUT2D eigenvalue weighted by Crippen LogP contribution is 2.49. The first-order valence-electron chi connectivity index (χ1n) is 6.97. The van der Waals surface area contributed by atoms with Gasteiger partial charge >= 0.3 is 0 Å². The summed E-state index contributed by atoms with van der Waals surface area (Å²) in [5.41, 5.74) is 1.27. The van der Waals surface area contributed by atoms with Crippen LogP contribution in [0.4, 0.5) is 8.78 Å². The third kappa shape index (κ3) is 2.65. The molecule has 1 atom stereocenters. The SMILES string of the molecule is CN1CCNC(c2ccc(C(F)(F)C3CC3)cc2)C1. The molecule has 3 rings (SSSR count). The Morgan fingerprint density at radius 2 is 1.89 bits per heavy atom. The molecular weight excluding hydrogens is 246 g/mol. The average Bonchev–Trinajstić information content (AvgIpc) is 3.23. The van der Waals surface area contributed by atoms with Crippen molar-refractivity contribution in [3.05, 3.63) is 35.4 Å². The van der Waals surface area contributed by atoms with E-state index in [9.17, 15) is 8.78 Å². The van der Waals surface area contributed by atoms with Crippen LogP contribution in [0, 0.1) is 5.92 Å². The van der Waals surface area contributed by atoms with Crippen molar-refractivity contribution >= 4 is 0 Å². The number of alkyl halides is 2. The fraction of sp³-hybridized carbons (Fsp3) is 0.600. The van der Waals surface area contributed by atoms with Crippen molar-refractivity contribution in [3.8, 4) is 0 Å². The minimum absolute atomic E-state index is 0.169. The third-order valence-electron chi connectivity index (χ3n) is 4.17. The maximum atomic E-state index is 14.0. The van der Waals surface area contributed by atoms with E-state index in [-0.39, 0.29) is 11.6 Å². The first-order chi connectivity index (χ1) is 9.07. The lowest BCUT2D eigenvalue weighted by atomic mass is 9.99. The molecule has 1 aliphatic heterocycles. The van der Waals surface area contributed by atoms with E-state index in [0.29, 0.717) is 12.8 Å². The van der Waals surface area contributed by atoms with Gasteiger partial charge in [-0.15, -0.1) is 0 Å². The van der Waals surface area contributed by atoms with E-state index in [1.165, 1.54) is 0 Å². The maximum Gasteiger partial charge on any atom is 0.276 e. The van der Waals surface area contributed by atoms with Crippen molar-refractivity contribution in [2.45, 2.75) is 24.8 Å². The fourth-order valence-corrected chi connectivity index (χ4v) is 2.74. The predicted molar refractivity (Wildman–Crippen MR) is 71.3 cm³/mol. The molecule has 1 unspecified atom stereocenters. The van der Waals surface area contributed by atoms with Crippen molar-refractivity contribution in [2.24, 2.45) is 5.92 Å². The maximum absolute atomic E-state index is 14.0.